The molecule has 2 rings (SSSR count). The Labute approximate surface area is 101 Å². The molecule has 0 aromatic rings. The molecule has 2 aliphatic heterocycles. The lowest BCUT2D eigenvalue weighted by Crippen LogP contribution is -2.26. The summed E-state index contributed by atoms with van der Waals surface area (Å²) in [5, 5.41) is 0. The van der Waals surface area contributed by atoms with Gasteiger partial charge in [-0.25, -0.2) is 0 Å². The molecule has 0 saturated carbocycles. The van der Waals surface area contributed by atoms with E-state index >= 15 is 0 Å². The van der Waals surface area contributed by atoms with E-state index in [1.807, 2.05) is 0 Å². The molecule has 16 heavy (non-hydrogen) atoms. The fraction of sp³-hybridized carbons (Fsp3) is 1.00. The average Bonchev–Trinajstić information content (AvgIpc) is 2.84. The Balaban J connectivity index is 1.54. The summed E-state index contributed by atoms with van der Waals surface area (Å²) in [6.45, 7) is 2.66. The molecule has 2 nitrogen and oxygen atoms in total. The van der Waals surface area contributed by atoms with Crippen molar-refractivity contribution in [2.24, 2.45) is 0 Å². The van der Waals surface area contributed by atoms with E-state index in [2.05, 4.69) is 23.9 Å². The first-order chi connectivity index (χ1) is 7.77. The van der Waals surface area contributed by atoms with Crippen molar-refractivity contribution >= 4 is 0 Å². The summed E-state index contributed by atoms with van der Waals surface area (Å²) in [6, 6.07) is 1.81. The standard InChI is InChI=1S/C14H28N2/c1-15-11-5-9-13(15)7-3-4-8-14-10-6-12-16(14)2/h13-14H,3-12H2,1-2H3. The molecule has 0 spiro atoms. The predicted molar refractivity (Wildman–Crippen MR) is 69.8 cm³/mol. The van der Waals surface area contributed by atoms with E-state index in [0.717, 1.165) is 12.1 Å². The molecular weight excluding hydrogens is 196 g/mol. The smallest absolute Gasteiger partial charge is 0.00926 e. The summed E-state index contributed by atoms with van der Waals surface area (Å²) >= 11 is 0. The Kier molecular flexibility index (Phi) is 4.66. The Morgan fingerprint density at radius 1 is 0.812 bits per heavy atom. The van der Waals surface area contributed by atoms with Crippen molar-refractivity contribution in [3.05, 3.63) is 0 Å². The van der Waals surface area contributed by atoms with Crippen LogP contribution in [0.2, 0.25) is 0 Å². The Morgan fingerprint density at radius 3 is 1.56 bits per heavy atom. The van der Waals surface area contributed by atoms with Gasteiger partial charge in [0.1, 0.15) is 0 Å². The summed E-state index contributed by atoms with van der Waals surface area (Å²) in [5.41, 5.74) is 0. The van der Waals surface area contributed by atoms with E-state index in [9.17, 15) is 0 Å². The third-order valence-corrected chi connectivity index (χ3v) is 4.67. The molecular formula is C14H28N2. The molecule has 94 valence electrons. The Hall–Kier alpha value is -0.0800. The molecule has 2 unspecified atom stereocenters. The van der Waals surface area contributed by atoms with Crippen LogP contribution >= 0.6 is 0 Å². The van der Waals surface area contributed by atoms with Gasteiger partial charge in [0.25, 0.3) is 0 Å². The van der Waals surface area contributed by atoms with E-state index in [-0.39, 0.29) is 0 Å². The molecule has 2 heteroatoms. The third kappa shape index (κ3) is 3.21. The minimum Gasteiger partial charge on any atom is -0.303 e. The van der Waals surface area contributed by atoms with Gasteiger partial charge < -0.3 is 9.80 Å². The summed E-state index contributed by atoms with van der Waals surface area (Å²) in [7, 11) is 4.59. The second-order valence-corrected chi connectivity index (χ2v) is 5.84. The molecule has 2 heterocycles. The van der Waals surface area contributed by atoms with E-state index in [0.29, 0.717) is 0 Å². The number of hydrogen-bond acceptors (Lipinski definition) is 2. The van der Waals surface area contributed by atoms with Gasteiger partial charge in [-0.3, -0.25) is 0 Å². The maximum Gasteiger partial charge on any atom is 0.00926 e. The average molecular weight is 224 g/mol. The van der Waals surface area contributed by atoms with Crippen LogP contribution in [0.5, 0.6) is 0 Å². The van der Waals surface area contributed by atoms with Gasteiger partial charge in [-0.05, 0) is 65.7 Å². The topological polar surface area (TPSA) is 6.48 Å². The first-order valence-corrected chi connectivity index (χ1v) is 7.18. The largest absolute Gasteiger partial charge is 0.303 e. The van der Waals surface area contributed by atoms with Crippen molar-refractivity contribution < 1.29 is 0 Å². The Morgan fingerprint density at radius 2 is 1.25 bits per heavy atom. The summed E-state index contributed by atoms with van der Waals surface area (Å²) < 4.78 is 0. The summed E-state index contributed by atoms with van der Waals surface area (Å²) in [6.07, 6.45) is 11.5. The SMILES string of the molecule is CN1CCCC1CCCCC1CCCN1C. The fourth-order valence-corrected chi connectivity index (χ4v) is 3.45. The minimum atomic E-state index is 0.904. The predicted octanol–water partition coefficient (Wildman–Crippen LogP) is 2.74. The lowest BCUT2D eigenvalue weighted by atomic mass is 10.0. The second-order valence-electron chi connectivity index (χ2n) is 5.84. The van der Waals surface area contributed by atoms with Crippen molar-refractivity contribution in [3.8, 4) is 0 Å². The van der Waals surface area contributed by atoms with Crippen LogP contribution < -0.4 is 0 Å². The van der Waals surface area contributed by atoms with Crippen LogP contribution in [0.3, 0.4) is 0 Å². The highest BCUT2D eigenvalue weighted by Gasteiger charge is 2.22. The Bertz CT molecular complexity index is 183. The third-order valence-electron chi connectivity index (χ3n) is 4.67. The minimum absolute atomic E-state index is 0.904. The van der Waals surface area contributed by atoms with Gasteiger partial charge >= 0.3 is 0 Å². The zero-order chi connectivity index (χ0) is 11.4. The lowest BCUT2D eigenvalue weighted by molar-refractivity contribution is 0.270. The molecule has 2 saturated heterocycles. The molecule has 0 aromatic heterocycles. The van der Waals surface area contributed by atoms with Gasteiger partial charge in [-0.15, -0.1) is 0 Å². The van der Waals surface area contributed by atoms with Crippen LogP contribution in [0.4, 0.5) is 0 Å². The van der Waals surface area contributed by atoms with Crippen molar-refractivity contribution in [2.75, 3.05) is 27.2 Å². The first-order valence-electron chi connectivity index (χ1n) is 7.18. The normalized spacial score (nSPS) is 32.6. The fourth-order valence-electron chi connectivity index (χ4n) is 3.45. The molecule has 0 radical (unpaired) electrons. The van der Waals surface area contributed by atoms with Crippen molar-refractivity contribution in [3.63, 3.8) is 0 Å². The van der Waals surface area contributed by atoms with Crippen LogP contribution in [-0.4, -0.2) is 49.1 Å². The molecule has 2 atom stereocenters. The second kappa shape index (κ2) is 6.02. The van der Waals surface area contributed by atoms with Gasteiger partial charge in [-0.2, -0.15) is 0 Å². The maximum absolute atomic E-state index is 2.56. The monoisotopic (exact) mass is 224 g/mol. The van der Waals surface area contributed by atoms with Crippen LogP contribution in [0, 0.1) is 0 Å². The molecule has 0 amide bonds. The molecule has 0 N–H and O–H groups in total. The molecule has 2 fully saturated rings. The van der Waals surface area contributed by atoms with Crippen LogP contribution in [0.1, 0.15) is 51.4 Å². The van der Waals surface area contributed by atoms with E-state index < -0.39 is 0 Å². The summed E-state index contributed by atoms with van der Waals surface area (Å²) in [4.78, 5) is 5.11. The van der Waals surface area contributed by atoms with E-state index in [1.54, 1.807) is 0 Å². The van der Waals surface area contributed by atoms with Crippen molar-refractivity contribution in [2.45, 2.75) is 63.5 Å². The first kappa shape index (κ1) is 12.4. The van der Waals surface area contributed by atoms with Gasteiger partial charge in [0.15, 0.2) is 0 Å². The number of likely N-dealkylation sites (tertiary alicyclic amines) is 2. The maximum atomic E-state index is 2.56. The number of nitrogens with zero attached hydrogens (tertiary/aromatic N) is 2. The quantitative estimate of drug-likeness (QED) is 0.663. The van der Waals surface area contributed by atoms with Crippen LogP contribution in [0.25, 0.3) is 0 Å². The number of hydrogen-bond donors (Lipinski definition) is 0. The number of unbranched alkanes of at least 4 members (excludes halogenated alkanes) is 1. The van der Waals surface area contributed by atoms with E-state index in [4.69, 9.17) is 0 Å². The molecule has 0 aliphatic carbocycles. The number of rotatable bonds is 5. The highest BCUT2D eigenvalue weighted by Crippen LogP contribution is 2.23. The van der Waals surface area contributed by atoms with Crippen LogP contribution in [-0.2, 0) is 0 Å². The zero-order valence-electron chi connectivity index (χ0n) is 11.1. The zero-order valence-corrected chi connectivity index (χ0v) is 11.1. The van der Waals surface area contributed by atoms with Gasteiger partial charge in [0.05, 0.1) is 0 Å². The molecule has 2 aliphatic rings. The highest BCUT2D eigenvalue weighted by atomic mass is 15.1. The van der Waals surface area contributed by atoms with Crippen molar-refractivity contribution in [1.29, 1.82) is 0 Å². The van der Waals surface area contributed by atoms with Gasteiger partial charge in [0.2, 0.25) is 0 Å². The molecule has 0 bridgehead atoms. The lowest BCUT2D eigenvalue weighted by Gasteiger charge is -2.21. The van der Waals surface area contributed by atoms with Crippen LogP contribution in [0.15, 0.2) is 0 Å². The van der Waals surface area contributed by atoms with Gasteiger partial charge in [0, 0.05) is 12.1 Å². The highest BCUT2D eigenvalue weighted by molar-refractivity contribution is 4.78. The van der Waals surface area contributed by atoms with Gasteiger partial charge in [-0.1, -0.05) is 12.8 Å². The van der Waals surface area contributed by atoms with Crippen molar-refractivity contribution in [1.82, 2.24) is 9.80 Å². The summed E-state index contributed by atoms with van der Waals surface area (Å²) in [5.74, 6) is 0. The molecule has 0 aromatic carbocycles. The van der Waals surface area contributed by atoms with E-state index in [1.165, 1.54) is 64.5 Å².